The fourth-order valence-electron chi connectivity index (χ4n) is 4.86. The third kappa shape index (κ3) is 3.89. The smallest absolute Gasteiger partial charge is 0.127 e. The van der Waals surface area contributed by atoms with Gasteiger partial charge >= 0.3 is 0 Å². The predicted molar refractivity (Wildman–Crippen MR) is 140 cm³/mol. The lowest BCUT2D eigenvalue weighted by atomic mass is 9.85. The second-order valence-corrected chi connectivity index (χ2v) is 13.2. The van der Waals surface area contributed by atoms with Crippen molar-refractivity contribution < 1.29 is 14.1 Å². The second-order valence-electron chi connectivity index (χ2n) is 10.1. The van der Waals surface area contributed by atoms with Crippen molar-refractivity contribution in [2.24, 2.45) is 0 Å². The quantitative estimate of drug-likeness (QED) is 0.317. The summed E-state index contributed by atoms with van der Waals surface area (Å²) in [5, 5.41) is 19.6. The zero-order valence-electron chi connectivity index (χ0n) is 20.4. The maximum Gasteiger partial charge on any atom is 0.127 e. The molecule has 5 aromatic rings. The van der Waals surface area contributed by atoms with Crippen LogP contribution < -0.4 is 5.44 Å². The summed E-state index contributed by atoms with van der Waals surface area (Å²) in [6, 6.07) is 12.5. The van der Waals surface area contributed by atoms with E-state index in [-0.39, 0.29) is 12.4 Å². The molecule has 3 aromatic heterocycles. The van der Waals surface area contributed by atoms with Gasteiger partial charge in [-0.25, -0.2) is 4.39 Å². The first-order valence-corrected chi connectivity index (χ1v) is 14.0. The van der Waals surface area contributed by atoms with Crippen LogP contribution in [0.5, 0.6) is 0 Å². The number of hydrogen-bond donors (Lipinski definition) is 2. The van der Waals surface area contributed by atoms with Crippen LogP contribution in [0.1, 0.15) is 25.1 Å². The number of halogens is 1. The van der Waals surface area contributed by atoms with Gasteiger partial charge in [0.05, 0.1) is 23.8 Å². The average molecular weight is 491 g/mol. The van der Waals surface area contributed by atoms with E-state index in [1.807, 2.05) is 26.8 Å². The number of aromatic nitrogens is 4. The summed E-state index contributed by atoms with van der Waals surface area (Å²) in [4.78, 5) is 4.62. The summed E-state index contributed by atoms with van der Waals surface area (Å²) in [5.74, 6) is -0.315. The highest BCUT2D eigenvalue weighted by atomic mass is 31.2. The van der Waals surface area contributed by atoms with Gasteiger partial charge in [0.15, 0.2) is 0 Å². The van der Waals surface area contributed by atoms with Crippen molar-refractivity contribution in [1.82, 2.24) is 19.7 Å². The number of pyridine rings is 1. The lowest BCUT2D eigenvalue weighted by Gasteiger charge is -2.27. The molecule has 0 aliphatic carbocycles. The van der Waals surface area contributed by atoms with Crippen LogP contribution in [0.15, 0.2) is 54.9 Å². The number of aliphatic hydroxyl groups excluding tert-OH is 1. The summed E-state index contributed by atoms with van der Waals surface area (Å²) in [7, 11) is -2.54. The molecule has 0 bridgehead atoms. The summed E-state index contributed by atoms with van der Waals surface area (Å²) >= 11 is 0. The number of aryl methyl sites for hydroxylation is 1. The van der Waals surface area contributed by atoms with Crippen LogP contribution in [0.4, 0.5) is 4.39 Å². The van der Waals surface area contributed by atoms with Gasteiger partial charge in [-0.3, -0.25) is 10.1 Å². The van der Waals surface area contributed by atoms with Crippen molar-refractivity contribution in [2.45, 2.75) is 26.2 Å². The Labute approximate surface area is 203 Å². The summed E-state index contributed by atoms with van der Waals surface area (Å²) in [6.07, 6.45) is 3.54. The largest absolute Gasteiger partial charge is 0.395 e. The van der Waals surface area contributed by atoms with Crippen molar-refractivity contribution in [2.75, 3.05) is 19.9 Å². The van der Waals surface area contributed by atoms with Gasteiger partial charge in [0.25, 0.3) is 0 Å². The van der Waals surface area contributed by atoms with Crippen LogP contribution in [-0.4, -0.2) is 44.8 Å². The van der Waals surface area contributed by atoms with E-state index in [1.165, 1.54) is 12.1 Å². The first-order chi connectivity index (χ1) is 16.5. The summed E-state index contributed by atoms with van der Waals surface area (Å²) in [5.41, 5.74) is 6.07. The van der Waals surface area contributed by atoms with Crippen molar-refractivity contribution in [3.8, 4) is 16.8 Å². The van der Waals surface area contributed by atoms with Crippen molar-refractivity contribution in [1.29, 1.82) is 0 Å². The van der Waals surface area contributed by atoms with Crippen LogP contribution in [0.2, 0.25) is 0 Å². The number of aliphatic hydroxyl groups is 1. The topological polar surface area (TPSA) is 83.8 Å². The minimum Gasteiger partial charge on any atom is -0.395 e. The van der Waals surface area contributed by atoms with Crippen LogP contribution in [0.25, 0.3) is 38.6 Å². The SMILES string of the molecule is Cc1cc(-c2c(C(C)(C)CO)n(-c3ccc(F)cc3)c3cc4cn[nH]c4cc23)cnc1P(C)(C)=O. The van der Waals surface area contributed by atoms with E-state index in [9.17, 15) is 14.1 Å². The van der Waals surface area contributed by atoms with Gasteiger partial charge in [-0.2, -0.15) is 5.10 Å². The van der Waals surface area contributed by atoms with Crippen LogP contribution in [0.3, 0.4) is 0 Å². The van der Waals surface area contributed by atoms with Crippen molar-refractivity contribution in [3.63, 3.8) is 0 Å². The molecule has 0 amide bonds. The van der Waals surface area contributed by atoms with Gasteiger partial charge in [-0.05, 0) is 68.3 Å². The maximum absolute atomic E-state index is 13.8. The van der Waals surface area contributed by atoms with Crippen LogP contribution >= 0.6 is 7.14 Å². The molecule has 0 unspecified atom stereocenters. The molecule has 0 fully saturated rings. The molecule has 0 spiro atoms. The van der Waals surface area contributed by atoms with Crippen LogP contribution in [-0.2, 0) is 9.98 Å². The number of hydrogen-bond acceptors (Lipinski definition) is 4. The molecule has 0 radical (unpaired) electrons. The highest BCUT2D eigenvalue weighted by Crippen LogP contribution is 2.44. The fourth-order valence-corrected chi connectivity index (χ4v) is 6.11. The first-order valence-electron chi connectivity index (χ1n) is 11.4. The number of nitrogens with zero attached hydrogens (tertiary/aromatic N) is 3. The van der Waals surface area contributed by atoms with E-state index in [0.717, 1.165) is 49.9 Å². The zero-order chi connectivity index (χ0) is 25.1. The molecule has 0 aliphatic heterocycles. The van der Waals surface area contributed by atoms with E-state index >= 15 is 0 Å². The van der Waals surface area contributed by atoms with Gasteiger partial charge in [0.1, 0.15) is 18.4 Å². The highest BCUT2D eigenvalue weighted by molar-refractivity contribution is 7.70. The first kappa shape index (κ1) is 23.5. The normalized spacial score (nSPS) is 12.7. The molecule has 0 saturated heterocycles. The Balaban J connectivity index is 1.95. The minimum atomic E-state index is -2.54. The molecular weight excluding hydrogens is 462 g/mol. The van der Waals surface area contributed by atoms with E-state index in [2.05, 4.69) is 31.9 Å². The van der Waals surface area contributed by atoms with E-state index < -0.39 is 12.6 Å². The standard InChI is InChI=1S/C27H28FN4O2P/c1-16-10-18(13-29-26(16)35(4,5)34)24-21-12-22-17(14-30-31-22)11-23(21)32(25(24)27(2,3)15-33)20-8-6-19(28)7-9-20/h6-14,33H,15H2,1-5H3,(H,30,31). The van der Waals surface area contributed by atoms with Crippen molar-refractivity contribution in [3.05, 3.63) is 71.9 Å². The molecule has 0 aliphatic rings. The lowest BCUT2D eigenvalue weighted by Crippen LogP contribution is -2.26. The Morgan fingerprint density at radius 1 is 1.11 bits per heavy atom. The Morgan fingerprint density at radius 3 is 2.46 bits per heavy atom. The number of nitrogens with one attached hydrogen (secondary N) is 1. The number of rotatable bonds is 5. The van der Waals surface area contributed by atoms with Crippen LogP contribution in [0, 0.1) is 12.7 Å². The second kappa shape index (κ2) is 8.14. The van der Waals surface area contributed by atoms with E-state index in [0.29, 0.717) is 5.44 Å². The number of aromatic amines is 1. The Morgan fingerprint density at radius 2 is 1.83 bits per heavy atom. The Hall–Kier alpha value is -3.28. The molecule has 8 heteroatoms. The summed E-state index contributed by atoms with van der Waals surface area (Å²) < 4.78 is 28.7. The molecule has 180 valence electrons. The zero-order valence-corrected chi connectivity index (χ0v) is 21.3. The van der Waals surface area contributed by atoms with Gasteiger partial charge in [-0.1, -0.05) is 13.8 Å². The molecule has 35 heavy (non-hydrogen) atoms. The average Bonchev–Trinajstić information content (AvgIpc) is 3.39. The number of benzene rings is 2. The minimum absolute atomic E-state index is 0.0967. The monoisotopic (exact) mass is 490 g/mol. The van der Waals surface area contributed by atoms with Gasteiger partial charge in [0.2, 0.25) is 0 Å². The molecule has 2 aromatic carbocycles. The fraction of sp³-hybridized carbons (Fsp3) is 0.259. The molecule has 3 heterocycles. The molecule has 5 rings (SSSR count). The predicted octanol–water partition coefficient (Wildman–Crippen LogP) is 5.53. The lowest BCUT2D eigenvalue weighted by molar-refractivity contribution is 0.214. The van der Waals surface area contributed by atoms with Gasteiger partial charge < -0.3 is 14.2 Å². The van der Waals surface area contributed by atoms with Crippen molar-refractivity contribution >= 4 is 34.4 Å². The Kier molecular flexibility index (Phi) is 5.46. The number of fused-ring (bicyclic) bond motifs is 2. The molecule has 2 N–H and O–H groups in total. The highest BCUT2D eigenvalue weighted by Gasteiger charge is 2.32. The third-order valence-electron chi connectivity index (χ3n) is 6.50. The molecule has 0 saturated carbocycles. The number of H-pyrrole nitrogens is 1. The summed E-state index contributed by atoms with van der Waals surface area (Å²) in [6.45, 7) is 9.24. The molecular formula is C27H28FN4O2P. The molecule has 0 atom stereocenters. The van der Waals surface area contributed by atoms with E-state index in [4.69, 9.17) is 0 Å². The Bertz CT molecular complexity index is 1630. The van der Waals surface area contributed by atoms with E-state index in [1.54, 1.807) is 37.9 Å². The maximum atomic E-state index is 13.8. The third-order valence-corrected chi connectivity index (χ3v) is 7.99. The van der Waals surface area contributed by atoms with Gasteiger partial charge in [-0.15, -0.1) is 0 Å². The molecule has 6 nitrogen and oxygen atoms in total. The van der Waals surface area contributed by atoms with Gasteiger partial charge in [0, 0.05) is 44.9 Å².